The summed E-state index contributed by atoms with van der Waals surface area (Å²) in [6.07, 6.45) is 0. The van der Waals surface area contributed by atoms with E-state index in [4.69, 9.17) is 4.74 Å². The molecule has 0 N–H and O–H groups in total. The fraction of sp³-hybridized carbons (Fsp3) is 0.238. The average Bonchev–Trinajstić information content (AvgIpc) is 2.92. The number of hydrogen-bond donors (Lipinski definition) is 0. The largest absolute Gasteiger partial charge is 0.461 e. The first kappa shape index (κ1) is 17.0. The lowest BCUT2D eigenvalue weighted by Gasteiger charge is -2.12. The van der Waals surface area contributed by atoms with Crippen molar-refractivity contribution in [3.05, 3.63) is 77.1 Å². The summed E-state index contributed by atoms with van der Waals surface area (Å²) in [5.74, 6) is 0.454. The van der Waals surface area contributed by atoms with Gasteiger partial charge in [-0.1, -0.05) is 54.1 Å². The summed E-state index contributed by atoms with van der Waals surface area (Å²) in [7, 11) is 0. The minimum Gasteiger partial charge on any atom is -0.461 e. The first-order valence-corrected chi connectivity index (χ1v) is 8.45. The van der Waals surface area contributed by atoms with E-state index >= 15 is 0 Å². The summed E-state index contributed by atoms with van der Waals surface area (Å²) in [5.41, 5.74) is 4.46. The van der Waals surface area contributed by atoms with Crippen LogP contribution in [0.25, 0.3) is 11.4 Å². The zero-order valence-electron chi connectivity index (χ0n) is 14.8. The molecular weight excluding hydrogens is 312 g/mol. The zero-order chi connectivity index (χ0) is 17.8. The SMILES string of the molecule is CCOC(=O)c1c(C)nc(-c2cccc(C)c2)n1Cc1ccccc1. The van der Waals surface area contributed by atoms with Crippen LogP contribution in [0.4, 0.5) is 0 Å². The third-order valence-corrected chi connectivity index (χ3v) is 4.07. The van der Waals surface area contributed by atoms with Gasteiger partial charge in [0.15, 0.2) is 5.69 Å². The highest BCUT2D eigenvalue weighted by Gasteiger charge is 2.22. The van der Waals surface area contributed by atoms with Crippen molar-refractivity contribution in [3.8, 4) is 11.4 Å². The Hall–Kier alpha value is -2.88. The summed E-state index contributed by atoms with van der Waals surface area (Å²) in [4.78, 5) is 17.2. The molecule has 0 aliphatic carbocycles. The molecule has 0 fully saturated rings. The number of carbonyl (C=O) groups excluding carboxylic acids is 1. The third-order valence-electron chi connectivity index (χ3n) is 4.07. The molecule has 3 rings (SSSR count). The fourth-order valence-corrected chi connectivity index (χ4v) is 2.96. The lowest BCUT2D eigenvalue weighted by atomic mass is 10.1. The van der Waals surface area contributed by atoms with Crippen LogP contribution < -0.4 is 0 Å². The van der Waals surface area contributed by atoms with Crippen molar-refractivity contribution in [1.82, 2.24) is 9.55 Å². The monoisotopic (exact) mass is 334 g/mol. The van der Waals surface area contributed by atoms with Crippen molar-refractivity contribution in [2.75, 3.05) is 6.61 Å². The molecule has 4 heteroatoms. The summed E-state index contributed by atoms with van der Waals surface area (Å²) >= 11 is 0. The van der Waals surface area contributed by atoms with Gasteiger partial charge in [-0.2, -0.15) is 0 Å². The van der Waals surface area contributed by atoms with E-state index in [1.54, 1.807) is 0 Å². The molecule has 1 aromatic heterocycles. The Bertz CT molecular complexity index is 882. The average molecular weight is 334 g/mol. The van der Waals surface area contributed by atoms with Crippen LogP contribution in [0, 0.1) is 13.8 Å². The molecule has 0 atom stereocenters. The van der Waals surface area contributed by atoms with Gasteiger partial charge in [-0.15, -0.1) is 0 Å². The molecule has 0 bridgehead atoms. The van der Waals surface area contributed by atoms with E-state index in [1.807, 2.05) is 73.9 Å². The Kier molecular flexibility index (Phi) is 4.98. The maximum absolute atomic E-state index is 12.5. The quantitative estimate of drug-likeness (QED) is 0.650. The highest BCUT2D eigenvalue weighted by molar-refractivity contribution is 5.90. The van der Waals surface area contributed by atoms with Crippen LogP contribution >= 0.6 is 0 Å². The normalized spacial score (nSPS) is 10.7. The molecule has 0 saturated heterocycles. The van der Waals surface area contributed by atoms with Gasteiger partial charge in [-0.3, -0.25) is 0 Å². The Labute approximate surface area is 148 Å². The second-order valence-corrected chi connectivity index (χ2v) is 6.03. The lowest BCUT2D eigenvalue weighted by Crippen LogP contribution is -2.15. The van der Waals surface area contributed by atoms with Crippen LogP contribution in [0.1, 0.15) is 34.2 Å². The van der Waals surface area contributed by atoms with Gasteiger partial charge in [0.1, 0.15) is 5.82 Å². The Balaban J connectivity index is 2.14. The molecule has 2 aromatic carbocycles. The number of aromatic nitrogens is 2. The predicted octanol–water partition coefficient (Wildman–Crippen LogP) is 4.39. The van der Waals surface area contributed by atoms with Crippen molar-refractivity contribution >= 4 is 5.97 Å². The van der Waals surface area contributed by atoms with Gasteiger partial charge in [0.2, 0.25) is 0 Å². The number of esters is 1. The van der Waals surface area contributed by atoms with E-state index < -0.39 is 0 Å². The van der Waals surface area contributed by atoms with Gasteiger partial charge < -0.3 is 9.30 Å². The van der Waals surface area contributed by atoms with Gasteiger partial charge in [0.05, 0.1) is 12.3 Å². The molecule has 1 heterocycles. The van der Waals surface area contributed by atoms with Crippen LogP contribution in [-0.4, -0.2) is 22.1 Å². The Morgan fingerprint density at radius 3 is 2.52 bits per heavy atom. The minimum absolute atomic E-state index is 0.331. The van der Waals surface area contributed by atoms with Gasteiger partial charge in [-0.05, 0) is 32.4 Å². The first-order valence-electron chi connectivity index (χ1n) is 8.45. The Morgan fingerprint density at radius 2 is 1.84 bits per heavy atom. The number of benzene rings is 2. The summed E-state index contributed by atoms with van der Waals surface area (Å²) in [5, 5.41) is 0. The first-order chi connectivity index (χ1) is 12.1. The van der Waals surface area contributed by atoms with E-state index in [9.17, 15) is 4.79 Å². The van der Waals surface area contributed by atoms with Crippen LogP contribution in [0.2, 0.25) is 0 Å². The number of nitrogens with zero attached hydrogens (tertiary/aromatic N) is 2. The van der Waals surface area contributed by atoms with E-state index in [0.29, 0.717) is 24.5 Å². The molecular formula is C21H22N2O2. The number of hydrogen-bond acceptors (Lipinski definition) is 3. The van der Waals surface area contributed by atoms with Gasteiger partial charge in [0.25, 0.3) is 0 Å². The minimum atomic E-state index is -0.331. The van der Waals surface area contributed by atoms with Crippen molar-refractivity contribution in [1.29, 1.82) is 0 Å². The molecule has 25 heavy (non-hydrogen) atoms. The lowest BCUT2D eigenvalue weighted by molar-refractivity contribution is 0.0513. The van der Waals surface area contributed by atoms with E-state index in [-0.39, 0.29) is 5.97 Å². The van der Waals surface area contributed by atoms with Crippen LogP contribution in [-0.2, 0) is 11.3 Å². The predicted molar refractivity (Wildman–Crippen MR) is 98.6 cm³/mol. The maximum atomic E-state index is 12.5. The molecule has 0 spiro atoms. The molecule has 0 unspecified atom stereocenters. The third kappa shape index (κ3) is 3.63. The summed E-state index contributed by atoms with van der Waals surface area (Å²) in [6, 6.07) is 18.2. The molecule has 0 aliphatic heterocycles. The molecule has 128 valence electrons. The summed E-state index contributed by atoms with van der Waals surface area (Å²) in [6.45, 7) is 6.63. The molecule has 3 aromatic rings. The highest BCUT2D eigenvalue weighted by Crippen LogP contribution is 2.25. The van der Waals surface area contributed by atoms with Crippen molar-refractivity contribution in [3.63, 3.8) is 0 Å². The van der Waals surface area contributed by atoms with Crippen LogP contribution in [0.3, 0.4) is 0 Å². The van der Waals surface area contributed by atoms with Crippen molar-refractivity contribution < 1.29 is 9.53 Å². The molecule has 4 nitrogen and oxygen atoms in total. The van der Waals surface area contributed by atoms with E-state index in [2.05, 4.69) is 11.1 Å². The zero-order valence-corrected chi connectivity index (χ0v) is 14.8. The van der Waals surface area contributed by atoms with E-state index in [1.165, 1.54) is 0 Å². The van der Waals surface area contributed by atoms with E-state index in [0.717, 1.165) is 22.5 Å². The van der Waals surface area contributed by atoms with Crippen LogP contribution in [0.15, 0.2) is 54.6 Å². The van der Waals surface area contributed by atoms with Gasteiger partial charge in [-0.25, -0.2) is 9.78 Å². The number of carbonyl (C=O) groups is 1. The van der Waals surface area contributed by atoms with Crippen molar-refractivity contribution in [2.45, 2.75) is 27.3 Å². The highest BCUT2D eigenvalue weighted by atomic mass is 16.5. The maximum Gasteiger partial charge on any atom is 0.356 e. The topological polar surface area (TPSA) is 44.1 Å². The van der Waals surface area contributed by atoms with Gasteiger partial charge >= 0.3 is 5.97 Å². The molecule has 0 amide bonds. The summed E-state index contributed by atoms with van der Waals surface area (Å²) < 4.78 is 7.22. The van der Waals surface area contributed by atoms with Crippen molar-refractivity contribution in [2.24, 2.45) is 0 Å². The second-order valence-electron chi connectivity index (χ2n) is 6.03. The smallest absolute Gasteiger partial charge is 0.356 e. The number of imidazole rings is 1. The van der Waals surface area contributed by atoms with Crippen LogP contribution in [0.5, 0.6) is 0 Å². The Morgan fingerprint density at radius 1 is 1.08 bits per heavy atom. The fourth-order valence-electron chi connectivity index (χ4n) is 2.96. The van der Waals surface area contributed by atoms with Gasteiger partial charge in [0, 0.05) is 12.1 Å². The molecule has 0 saturated carbocycles. The number of rotatable bonds is 5. The number of ether oxygens (including phenoxy) is 1. The second kappa shape index (κ2) is 7.34. The standard InChI is InChI=1S/C21H22N2O2/c1-4-25-21(24)19-16(3)22-20(18-12-8-9-15(2)13-18)23(19)14-17-10-6-5-7-11-17/h5-13H,4,14H2,1-3H3. The number of aryl methyl sites for hydroxylation is 2. The molecule has 0 radical (unpaired) electrons. The molecule has 0 aliphatic rings.